The molecule has 42 heavy (non-hydrogen) atoms. The van der Waals surface area contributed by atoms with Crippen molar-refractivity contribution < 1.29 is 19.1 Å². The van der Waals surface area contributed by atoms with Crippen molar-refractivity contribution in [3.63, 3.8) is 0 Å². The Kier molecular flexibility index (Phi) is 8.50. The Morgan fingerprint density at radius 1 is 1.10 bits per heavy atom. The minimum absolute atomic E-state index is 0.168. The van der Waals surface area contributed by atoms with Crippen molar-refractivity contribution in [3.8, 4) is 5.75 Å². The summed E-state index contributed by atoms with van der Waals surface area (Å²) in [5.41, 5.74) is 3.49. The van der Waals surface area contributed by atoms with E-state index in [4.69, 9.17) is 14.3 Å². The monoisotopic (exact) mass is 571 g/mol. The average Bonchev–Trinajstić information content (AvgIpc) is 3.45. The Labute approximate surface area is 246 Å². The number of carbonyl (C=O) groups excluding carboxylic acids is 1. The molecule has 1 aromatic heterocycles. The van der Waals surface area contributed by atoms with Crippen molar-refractivity contribution in [2.45, 2.75) is 24.9 Å². The summed E-state index contributed by atoms with van der Waals surface area (Å²) in [6.45, 7) is 9.39. The second kappa shape index (κ2) is 12.8. The molecule has 0 aliphatic carbocycles. The van der Waals surface area contributed by atoms with Crippen molar-refractivity contribution in [1.29, 1.82) is 0 Å². The molecule has 0 unspecified atom stereocenters. The molecule has 3 aliphatic rings. The second-order valence-corrected chi connectivity index (χ2v) is 10.7. The van der Waals surface area contributed by atoms with Crippen molar-refractivity contribution in [2.24, 2.45) is 0 Å². The van der Waals surface area contributed by atoms with Crippen molar-refractivity contribution in [1.82, 2.24) is 14.9 Å². The van der Waals surface area contributed by atoms with Gasteiger partial charge in [0.2, 0.25) is 5.91 Å². The van der Waals surface area contributed by atoms with Gasteiger partial charge in [0.1, 0.15) is 17.9 Å². The second-order valence-electron chi connectivity index (χ2n) is 10.7. The number of hydroxylamine groups is 1. The molecule has 0 saturated carbocycles. The van der Waals surface area contributed by atoms with E-state index in [2.05, 4.69) is 61.2 Å². The smallest absolute Gasteiger partial charge is 0.247 e. The highest BCUT2D eigenvalue weighted by molar-refractivity contribution is 6.02. The average molecular weight is 572 g/mol. The highest BCUT2D eigenvalue weighted by Gasteiger charge is 2.31. The number of carbonyl (C=O) groups is 1. The van der Waals surface area contributed by atoms with Gasteiger partial charge in [-0.2, -0.15) is 0 Å². The van der Waals surface area contributed by atoms with Gasteiger partial charge in [0, 0.05) is 38.3 Å². The Morgan fingerprint density at radius 3 is 2.62 bits per heavy atom. The highest BCUT2D eigenvalue weighted by Crippen LogP contribution is 2.39. The van der Waals surface area contributed by atoms with E-state index in [0.29, 0.717) is 41.4 Å². The number of benzene rings is 2. The molecule has 0 spiro atoms. The molecule has 3 fully saturated rings. The predicted octanol–water partition coefficient (Wildman–Crippen LogP) is 3.63. The minimum Gasteiger partial charge on any atom is -0.494 e. The van der Waals surface area contributed by atoms with E-state index < -0.39 is 0 Å². The largest absolute Gasteiger partial charge is 0.494 e. The van der Waals surface area contributed by atoms with E-state index in [1.807, 2.05) is 29.3 Å². The molecule has 1 atom stereocenters. The quantitative estimate of drug-likeness (QED) is 0.351. The number of aromatic nitrogens is 2. The number of anilines is 5. The number of nitrogens with zero attached hydrogens (tertiary/aromatic N) is 5. The van der Waals surface area contributed by atoms with Gasteiger partial charge in [-0.3, -0.25) is 14.5 Å². The number of rotatable bonds is 10. The van der Waals surface area contributed by atoms with Gasteiger partial charge in [0.15, 0.2) is 5.82 Å². The molecule has 2 N–H and O–H groups in total. The van der Waals surface area contributed by atoms with Gasteiger partial charge in [-0.1, -0.05) is 36.9 Å². The SMILES string of the molecule is C=CC(=O)Nc1cc(Nc2cc(N3OCC[C@@H]3Cc3ccccc3)ncn2)c(OC)cc1N1CCN(C2COC2)CC1. The fraction of sp³-hybridized carbons (Fsp3) is 0.387. The van der Waals surface area contributed by atoms with Gasteiger partial charge in [0.25, 0.3) is 0 Å². The number of amides is 1. The third kappa shape index (κ3) is 6.18. The van der Waals surface area contributed by atoms with Crippen LogP contribution in [0.5, 0.6) is 5.75 Å². The Balaban J connectivity index is 1.23. The molecule has 11 nitrogen and oxygen atoms in total. The Hall–Kier alpha value is -4.19. The van der Waals surface area contributed by atoms with E-state index in [0.717, 1.165) is 57.9 Å². The van der Waals surface area contributed by atoms with Gasteiger partial charge in [-0.25, -0.2) is 15.0 Å². The fourth-order valence-electron chi connectivity index (χ4n) is 5.65. The maximum absolute atomic E-state index is 12.4. The van der Waals surface area contributed by atoms with E-state index in [-0.39, 0.29) is 11.9 Å². The molecule has 3 aliphatic heterocycles. The van der Waals surface area contributed by atoms with Crippen LogP contribution in [0.1, 0.15) is 12.0 Å². The first kappa shape index (κ1) is 28.0. The van der Waals surface area contributed by atoms with E-state index >= 15 is 0 Å². The van der Waals surface area contributed by atoms with Crippen LogP contribution in [0, 0.1) is 0 Å². The Morgan fingerprint density at radius 2 is 1.90 bits per heavy atom. The van der Waals surface area contributed by atoms with Crippen molar-refractivity contribution in [3.05, 3.63) is 73.1 Å². The first-order chi connectivity index (χ1) is 20.6. The van der Waals surface area contributed by atoms with Crippen LogP contribution in [0.2, 0.25) is 0 Å². The number of ether oxygens (including phenoxy) is 2. The zero-order chi connectivity index (χ0) is 28.9. The lowest BCUT2D eigenvalue weighted by atomic mass is 10.0. The van der Waals surface area contributed by atoms with Crippen molar-refractivity contribution >= 4 is 34.6 Å². The molecule has 1 amide bonds. The first-order valence-electron chi connectivity index (χ1n) is 14.4. The topological polar surface area (TPSA) is 104 Å². The van der Waals surface area contributed by atoms with Crippen LogP contribution in [0.3, 0.4) is 0 Å². The lowest BCUT2D eigenvalue weighted by Gasteiger charge is -2.43. The number of hydrogen-bond donors (Lipinski definition) is 2. The van der Waals surface area contributed by atoms with Crippen LogP contribution in [0.25, 0.3) is 0 Å². The zero-order valence-electron chi connectivity index (χ0n) is 23.9. The Bertz CT molecular complexity index is 1390. The van der Waals surface area contributed by atoms with Crippen LogP contribution in [0.4, 0.5) is 28.7 Å². The van der Waals surface area contributed by atoms with Crippen LogP contribution < -0.4 is 25.3 Å². The first-order valence-corrected chi connectivity index (χ1v) is 14.4. The van der Waals surface area contributed by atoms with Gasteiger partial charge in [-0.15, -0.1) is 0 Å². The molecule has 3 aromatic rings. The number of methoxy groups -OCH3 is 1. The fourth-order valence-corrected chi connectivity index (χ4v) is 5.65. The lowest BCUT2D eigenvalue weighted by Crippen LogP contribution is -2.56. The normalized spacial score (nSPS) is 19.3. The summed E-state index contributed by atoms with van der Waals surface area (Å²) in [5, 5.41) is 8.24. The third-order valence-corrected chi connectivity index (χ3v) is 8.02. The summed E-state index contributed by atoms with van der Waals surface area (Å²) < 4.78 is 11.2. The third-order valence-electron chi connectivity index (χ3n) is 8.02. The summed E-state index contributed by atoms with van der Waals surface area (Å²) in [5.74, 6) is 1.61. The minimum atomic E-state index is -0.280. The summed E-state index contributed by atoms with van der Waals surface area (Å²) in [6, 6.07) is 16.8. The van der Waals surface area contributed by atoms with Crippen LogP contribution >= 0.6 is 0 Å². The molecular weight excluding hydrogens is 534 g/mol. The number of hydrogen-bond acceptors (Lipinski definition) is 10. The summed E-state index contributed by atoms with van der Waals surface area (Å²) in [6.07, 6.45) is 4.56. The molecule has 4 heterocycles. The van der Waals surface area contributed by atoms with Gasteiger partial charge >= 0.3 is 0 Å². The summed E-state index contributed by atoms with van der Waals surface area (Å²) in [7, 11) is 1.64. The molecule has 220 valence electrons. The maximum Gasteiger partial charge on any atom is 0.247 e. The van der Waals surface area contributed by atoms with Gasteiger partial charge in [-0.05, 0) is 30.5 Å². The van der Waals surface area contributed by atoms with Gasteiger partial charge in [0.05, 0.1) is 56.1 Å². The predicted molar refractivity (Wildman–Crippen MR) is 163 cm³/mol. The molecule has 11 heteroatoms. The standard InChI is InChI=1S/C31H37N7O4/c1-3-31(39)35-25-16-26(28(40-2)17-27(25)37-12-10-36(11-13-37)24-19-41-20-24)34-29-18-30(33-21-32-29)38-23(9-14-42-38)15-22-7-5-4-6-8-22/h3-8,16-18,21,23-24H,1,9-15,19-20H2,2H3,(H,35,39)(H,32,33,34)/t23-/m1/s1. The molecule has 2 aromatic carbocycles. The summed E-state index contributed by atoms with van der Waals surface area (Å²) in [4.78, 5) is 32.1. The number of piperazine rings is 1. The van der Waals surface area contributed by atoms with Gasteiger partial charge < -0.3 is 25.0 Å². The molecular formula is C31H37N7O4. The molecule has 6 rings (SSSR count). The lowest BCUT2D eigenvalue weighted by molar-refractivity contribution is -0.111. The van der Waals surface area contributed by atoms with Crippen LogP contribution in [-0.4, -0.2) is 86.0 Å². The number of nitrogens with one attached hydrogen (secondary N) is 2. The molecule has 0 radical (unpaired) electrons. The maximum atomic E-state index is 12.4. The van der Waals surface area contributed by atoms with E-state index in [9.17, 15) is 4.79 Å². The molecule has 0 bridgehead atoms. The highest BCUT2D eigenvalue weighted by atomic mass is 16.7. The van der Waals surface area contributed by atoms with E-state index in [1.165, 1.54) is 18.0 Å². The zero-order valence-corrected chi connectivity index (χ0v) is 23.9. The summed E-state index contributed by atoms with van der Waals surface area (Å²) >= 11 is 0. The van der Waals surface area contributed by atoms with Crippen molar-refractivity contribution in [2.75, 3.05) is 73.7 Å². The van der Waals surface area contributed by atoms with E-state index in [1.54, 1.807) is 7.11 Å². The van der Waals surface area contributed by atoms with Crippen LogP contribution in [-0.2, 0) is 20.8 Å². The van der Waals surface area contributed by atoms with Crippen LogP contribution in [0.15, 0.2) is 67.5 Å². The molecule has 3 saturated heterocycles.